The molecule has 1 aromatic rings. The molecule has 1 amide bonds. The van der Waals surface area contributed by atoms with Gasteiger partial charge < -0.3 is 15.8 Å². The van der Waals surface area contributed by atoms with Gasteiger partial charge in [-0.15, -0.1) is 0 Å². The van der Waals surface area contributed by atoms with Crippen LogP contribution in [0.15, 0.2) is 24.3 Å². The van der Waals surface area contributed by atoms with Crippen LogP contribution in [0.25, 0.3) is 0 Å². The average Bonchev–Trinajstić information content (AvgIpc) is 2.55. The van der Waals surface area contributed by atoms with Crippen molar-refractivity contribution in [2.24, 2.45) is 0 Å². The summed E-state index contributed by atoms with van der Waals surface area (Å²) in [5, 5.41) is 2.72. The first-order valence-corrected chi connectivity index (χ1v) is 6.01. The lowest BCUT2D eigenvalue weighted by molar-refractivity contribution is -0.129. The topological polar surface area (TPSA) is 81.4 Å². The van der Waals surface area contributed by atoms with Gasteiger partial charge in [0.25, 0.3) is 5.91 Å². The first kappa shape index (κ1) is 12.4. The fraction of sp³-hybridized carbons (Fsp3) is 0.385. The molecule has 1 heterocycles. The number of esters is 1. The van der Waals surface area contributed by atoms with Crippen LogP contribution in [0.5, 0.6) is 0 Å². The van der Waals surface area contributed by atoms with Crippen molar-refractivity contribution in [3.63, 3.8) is 0 Å². The Kier molecular flexibility index (Phi) is 3.82. The predicted octanol–water partition coefficient (Wildman–Crippen LogP) is 1.09. The van der Waals surface area contributed by atoms with Gasteiger partial charge in [-0.05, 0) is 37.5 Å². The minimum Gasteiger partial charge on any atom is -0.449 e. The molecule has 1 aliphatic heterocycles. The molecule has 96 valence electrons. The van der Waals surface area contributed by atoms with Crippen LogP contribution in [0.2, 0.25) is 0 Å². The monoisotopic (exact) mass is 248 g/mol. The van der Waals surface area contributed by atoms with E-state index in [0.717, 1.165) is 12.8 Å². The highest BCUT2D eigenvalue weighted by Crippen LogP contribution is 2.13. The van der Waals surface area contributed by atoms with Crippen molar-refractivity contribution >= 4 is 17.6 Å². The summed E-state index contributed by atoms with van der Waals surface area (Å²) in [5.41, 5.74) is 6.46. The number of nitrogen functional groups attached to an aromatic ring is 1. The van der Waals surface area contributed by atoms with Gasteiger partial charge in [0.1, 0.15) is 0 Å². The molecule has 5 nitrogen and oxygen atoms in total. The Hall–Kier alpha value is -2.04. The standard InChI is InChI=1S/C13H16N2O3/c14-10-5-3-4-9(8-10)13(17)18-11-6-1-2-7-15-12(11)16/h3-5,8,11H,1-2,6-7,14H2,(H,15,16). The first-order chi connectivity index (χ1) is 8.66. The van der Waals surface area contributed by atoms with Crippen LogP contribution < -0.4 is 11.1 Å². The van der Waals surface area contributed by atoms with Crippen LogP contribution in [0, 0.1) is 0 Å². The van der Waals surface area contributed by atoms with Crippen molar-refractivity contribution in [2.45, 2.75) is 25.4 Å². The Labute approximate surface area is 105 Å². The molecule has 1 unspecified atom stereocenters. The lowest BCUT2D eigenvalue weighted by Gasteiger charge is -2.14. The van der Waals surface area contributed by atoms with E-state index in [1.54, 1.807) is 18.2 Å². The van der Waals surface area contributed by atoms with E-state index in [1.165, 1.54) is 6.07 Å². The Morgan fingerprint density at radius 1 is 1.39 bits per heavy atom. The van der Waals surface area contributed by atoms with Gasteiger partial charge in [0.05, 0.1) is 5.56 Å². The Morgan fingerprint density at radius 3 is 3.00 bits per heavy atom. The number of amides is 1. The number of anilines is 1. The van der Waals surface area contributed by atoms with Gasteiger partial charge in [-0.1, -0.05) is 6.07 Å². The van der Waals surface area contributed by atoms with Gasteiger partial charge in [-0.2, -0.15) is 0 Å². The maximum atomic E-state index is 11.9. The maximum absolute atomic E-state index is 11.9. The van der Waals surface area contributed by atoms with Gasteiger partial charge in [0.2, 0.25) is 0 Å². The van der Waals surface area contributed by atoms with Crippen LogP contribution in [0.1, 0.15) is 29.6 Å². The zero-order valence-corrected chi connectivity index (χ0v) is 10.0. The highest BCUT2D eigenvalue weighted by molar-refractivity contribution is 5.93. The molecule has 1 atom stereocenters. The lowest BCUT2D eigenvalue weighted by Crippen LogP contribution is -2.36. The highest BCUT2D eigenvalue weighted by atomic mass is 16.5. The number of carbonyl (C=O) groups is 2. The van der Waals surface area contributed by atoms with Crippen LogP contribution in [-0.4, -0.2) is 24.5 Å². The van der Waals surface area contributed by atoms with Crippen LogP contribution in [0.4, 0.5) is 5.69 Å². The number of benzene rings is 1. The molecule has 0 spiro atoms. The van der Waals surface area contributed by atoms with E-state index in [1.807, 2.05) is 0 Å². The van der Waals surface area contributed by atoms with E-state index < -0.39 is 12.1 Å². The predicted molar refractivity (Wildman–Crippen MR) is 66.9 cm³/mol. The van der Waals surface area contributed by atoms with E-state index in [2.05, 4.69) is 5.32 Å². The molecule has 2 rings (SSSR count). The number of carbonyl (C=O) groups excluding carboxylic acids is 2. The summed E-state index contributed by atoms with van der Waals surface area (Å²) in [4.78, 5) is 23.5. The van der Waals surface area contributed by atoms with Crippen molar-refractivity contribution in [3.8, 4) is 0 Å². The summed E-state index contributed by atoms with van der Waals surface area (Å²) in [6.07, 6.45) is 1.66. The number of hydrogen-bond acceptors (Lipinski definition) is 4. The van der Waals surface area contributed by atoms with E-state index >= 15 is 0 Å². The molecule has 0 saturated carbocycles. The van der Waals surface area contributed by atoms with Crippen LogP contribution >= 0.6 is 0 Å². The summed E-state index contributed by atoms with van der Waals surface area (Å²) in [7, 11) is 0. The quantitative estimate of drug-likeness (QED) is 0.606. The molecule has 5 heteroatoms. The van der Waals surface area contributed by atoms with E-state index in [0.29, 0.717) is 24.2 Å². The highest BCUT2D eigenvalue weighted by Gasteiger charge is 2.24. The average molecular weight is 248 g/mol. The third-order valence-electron chi connectivity index (χ3n) is 2.86. The fourth-order valence-corrected chi connectivity index (χ4v) is 1.89. The van der Waals surface area contributed by atoms with E-state index in [4.69, 9.17) is 10.5 Å². The molecule has 1 saturated heterocycles. The van der Waals surface area contributed by atoms with Gasteiger partial charge >= 0.3 is 5.97 Å². The molecule has 1 aromatic carbocycles. The van der Waals surface area contributed by atoms with Crippen LogP contribution in [-0.2, 0) is 9.53 Å². The Bertz CT molecular complexity index is 459. The maximum Gasteiger partial charge on any atom is 0.338 e. The van der Waals surface area contributed by atoms with Gasteiger partial charge in [0.15, 0.2) is 6.10 Å². The zero-order valence-electron chi connectivity index (χ0n) is 10.0. The lowest BCUT2D eigenvalue weighted by atomic mass is 10.1. The third kappa shape index (κ3) is 3.00. The largest absolute Gasteiger partial charge is 0.449 e. The number of nitrogens with one attached hydrogen (secondary N) is 1. The Morgan fingerprint density at radius 2 is 2.22 bits per heavy atom. The van der Waals surface area contributed by atoms with Crippen molar-refractivity contribution in [3.05, 3.63) is 29.8 Å². The molecule has 0 aromatic heterocycles. The smallest absolute Gasteiger partial charge is 0.338 e. The van der Waals surface area contributed by atoms with E-state index in [-0.39, 0.29) is 5.91 Å². The van der Waals surface area contributed by atoms with Crippen molar-refractivity contribution < 1.29 is 14.3 Å². The number of hydrogen-bond donors (Lipinski definition) is 2. The fourth-order valence-electron chi connectivity index (χ4n) is 1.89. The zero-order chi connectivity index (χ0) is 13.0. The summed E-state index contributed by atoms with van der Waals surface area (Å²) >= 11 is 0. The summed E-state index contributed by atoms with van der Waals surface area (Å²) in [5.74, 6) is -0.728. The summed E-state index contributed by atoms with van der Waals surface area (Å²) < 4.78 is 5.22. The van der Waals surface area contributed by atoms with E-state index in [9.17, 15) is 9.59 Å². The molecule has 1 aliphatic rings. The molecule has 0 bridgehead atoms. The normalized spacial score (nSPS) is 19.8. The van der Waals surface area contributed by atoms with Crippen molar-refractivity contribution in [1.82, 2.24) is 5.32 Å². The molecular formula is C13H16N2O3. The third-order valence-corrected chi connectivity index (χ3v) is 2.86. The summed E-state index contributed by atoms with van der Waals surface area (Å²) in [6, 6.07) is 6.53. The van der Waals surface area contributed by atoms with Crippen LogP contribution in [0.3, 0.4) is 0 Å². The molecule has 1 fully saturated rings. The van der Waals surface area contributed by atoms with Gasteiger partial charge in [-0.25, -0.2) is 4.79 Å². The second-order valence-corrected chi connectivity index (χ2v) is 4.31. The minimum absolute atomic E-state index is 0.218. The molecule has 0 aliphatic carbocycles. The van der Waals surface area contributed by atoms with Crippen molar-refractivity contribution in [1.29, 1.82) is 0 Å². The minimum atomic E-state index is -0.693. The number of rotatable bonds is 2. The number of nitrogens with two attached hydrogens (primary N) is 1. The summed E-state index contributed by atoms with van der Waals surface area (Å²) in [6.45, 7) is 0.644. The molecule has 3 N–H and O–H groups in total. The second kappa shape index (κ2) is 5.53. The molecular weight excluding hydrogens is 232 g/mol. The number of ether oxygens (including phenoxy) is 1. The molecule has 0 radical (unpaired) electrons. The molecule has 18 heavy (non-hydrogen) atoms. The van der Waals surface area contributed by atoms with Gasteiger partial charge in [-0.3, -0.25) is 4.79 Å². The SMILES string of the molecule is Nc1cccc(C(=O)OC2CCCCNC2=O)c1. The van der Waals surface area contributed by atoms with Gasteiger partial charge in [0, 0.05) is 12.2 Å². The second-order valence-electron chi connectivity index (χ2n) is 4.31. The first-order valence-electron chi connectivity index (χ1n) is 6.01. The Balaban J connectivity index is 2.04. The van der Waals surface area contributed by atoms with Crippen molar-refractivity contribution in [2.75, 3.05) is 12.3 Å².